The van der Waals surface area contributed by atoms with Gasteiger partial charge in [-0.05, 0) is 115 Å². The minimum Gasteiger partial charge on any atom is -0.420 e. The number of amides is 2. The van der Waals surface area contributed by atoms with E-state index in [2.05, 4.69) is 9.64 Å². The number of alkyl halides is 3. The van der Waals surface area contributed by atoms with Gasteiger partial charge in [-0.25, -0.2) is 9.18 Å². The van der Waals surface area contributed by atoms with Crippen molar-refractivity contribution in [2.24, 2.45) is 0 Å². The van der Waals surface area contributed by atoms with Gasteiger partial charge in [0.05, 0.1) is 0 Å². The predicted octanol–water partition coefficient (Wildman–Crippen LogP) is 8.34. The number of rotatable bonds is 11. The second-order valence-corrected chi connectivity index (χ2v) is 13.8. The molecule has 0 atom stereocenters. The monoisotopic (exact) mass is 741 g/mol. The van der Waals surface area contributed by atoms with Crippen LogP contribution in [-0.2, 0) is 22.6 Å². The highest BCUT2D eigenvalue weighted by Gasteiger charge is 2.41. The molecule has 4 aromatic rings. The van der Waals surface area contributed by atoms with Crippen LogP contribution in [0, 0.1) is 5.82 Å². The zero-order valence-electron chi connectivity index (χ0n) is 29.9. The van der Waals surface area contributed by atoms with Gasteiger partial charge in [0.15, 0.2) is 0 Å². The van der Waals surface area contributed by atoms with E-state index in [-0.39, 0.29) is 30.7 Å². The van der Waals surface area contributed by atoms with Crippen molar-refractivity contribution >= 4 is 23.9 Å². The zero-order chi connectivity index (χ0) is 38.1. The molecule has 6 rings (SSSR count). The van der Waals surface area contributed by atoms with Gasteiger partial charge in [-0.1, -0.05) is 67.1 Å². The summed E-state index contributed by atoms with van der Waals surface area (Å²) in [4.78, 5) is 44.9. The molecule has 0 spiro atoms. The van der Waals surface area contributed by atoms with E-state index in [1.54, 1.807) is 17.0 Å². The molecule has 2 aliphatic rings. The van der Waals surface area contributed by atoms with Crippen molar-refractivity contribution in [2.75, 3.05) is 32.7 Å². The number of hydrogen-bond acceptors (Lipinski definition) is 5. The van der Waals surface area contributed by atoms with Gasteiger partial charge in [0.2, 0.25) is 5.91 Å². The first-order valence-corrected chi connectivity index (χ1v) is 18.4. The van der Waals surface area contributed by atoms with Crippen LogP contribution in [0.15, 0.2) is 103 Å². The standard InChI is InChI=1S/C43H43F4N3O4/c44-35-11-7-8-32(29-35)16-19-40(51)50(25-20-31-14-17-37(18-15-31)54-42(53)43(45,46)47)30-33-9-6-10-34(28-33)38-12-2-3-13-39(38)41(52)49-26-21-36(22-27-49)48-23-4-1-5-24-48/h2-3,6-19,28-29,36H,1,4-5,20-27,30H2/b19-16+. The third-order valence-electron chi connectivity index (χ3n) is 10.0. The first-order chi connectivity index (χ1) is 26.0. The molecule has 2 aliphatic heterocycles. The summed E-state index contributed by atoms with van der Waals surface area (Å²) in [6.07, 6.45) is 3.86. The van der Waals surface area contributed by atoms with Crippen molar-refractivity contribution in [1.29, 1.82) is 0 Å². The average Bonchev–Trinajstić information content (AvgIpc) is 3.19. The van der Waals surface area contributed by atoms with E-state index < -0.39 is 18.0 Å². The molecule has 54 heavy (non-hydrogen) atoms. The van der Waals surface area contributed by atoms with Crippen molar-refractivity contribution in [3.8, 4) is 16.9 Å². The van der Waals surface area contributed by atoms with Crippen LogP contribution in [-0.4, -0.2) is 77.4 Å². The first kappa shape index (κ1) is 38.4. The highest BCUT2D eigenvalue weighted by atomic mass is 19.4. The topological polar surface area (TPSA) is 70.2 Å². The first-order valence-electron chi connectivity index (χ1n) is 18.4. The molecule has 2 fully saturated rings. The van der Waals surface area contributed by atoms with Crippen molar-refractivity contribution in [2.45, 2.75) is 57.3 Å². The normalized spacial score (nSPS) is 15.7. The molecule has 0 N–H and O–H groups in total. The maximum Gasteiger partial charge on any atom is 0.491 e. The van der Waals surface area contributed by atoms with Crippen LogP contribution in [0.3, 0.4) is 0 Å². The minimum atomic E-state index is -5.11. The van der Waals surface area contributed by atoms with E-state index in [9.17, 15) is 31.9 Å². The number of likely N-dealkylation sites (tertiary alicyclic amines) is 2. The Labute approximate surface area is 312 Å². The highest BCUT2D eigenvalue weighted by molar-refractivity contribution is 6.01. The molecule has 0 radical (unpaired) electrons. The summed E-state index contributed by atoms with van der Waals surface area (Å²) >= 11 is 0. The van der Waals surface area contributed by atoms with Crippen molar-refractivity contribution in [3.05, 3.63) is 131 Å². The lowest BCUT2D eigenvalue weighted by atomic mass is 9.95. The van der Waals surface area contributed by atoms with Crippen LogP contribution in [0.5, 0.6) is 5.75 Å². The van der Waals surface area contributed by atoms with E-state index in [1.807, 2.05) is 53.4 Å². The summed E-state index contributed by atoms with van der Waals surface area (Å²) in [5.74, 6) is -3.30. The number of hydrogen-bond donors (Lipinski definition) is 0. The van der Waals surface area contributed by atoms with Gasteiger partial charge in [-0.15, -0.1) is 0 Å². The minimum absolute atomic E-state index is 0.00609. The third-order valence-corrected chi connectivity index (χ3v) is 10.0. The number of carbonyl (C=O) groups excluding carboxylic acids is 3. The zero-order valence-corrected chi connectivity index (χ0v) is 29.9. The lowest BCUT2D eigenvalue weighted by Crippen LogP contribution is -2.48. The van der Waals surface area contributed by atoms with E-state index in [4.69, 9.17) is 0 Å². The third kappa shape index (κ3) is 10.2. The largest absolute Gasteiger partial charge is 0.491 e. The van der Waals surface area contributed by atoms with Gasteiger partial charge in [-0.2, -0.15) is 13.2 Å². The number of esters is 1. The quantitative estimate of drug-likeness (QED) is 0.0670. The maximum atomic E-state index is 13.9. The van der Waals surface area contributed by atoms with Gasteiger partial charge in [-0.3, -0.25) is 9.59 Å². The fourth-order valence-electron chi connectivity index (χ4n) is 7.17. The Morgan fingerprint density at radius 1 is 0.796 bits per heavy atom. The van der Waals surface area contributed by atoms with E-state index in [0.29, 0.717) is 29.2 Å². The van der Waals surface area contributed by atoms with Crippen LogP contribution in [0.2, 0.25) is 0 Å². The Bertz CT molecular complexity index is 1950. The molecule has 4 aromatic carbocycles. The predicted molar refractivity (Wildman–Crippen MR) is 199 cm³/mol. The molecule has 7 nitrogen and oxygen atoms in total. The van der Waals surface area contributed by atoms with Crippen molar-refractivity contribution < 1.29 is 36.7 Å². The number of nitrogens with zero attached hydrogens (tertiary/aromatic N) is 3. The molecule has 0 aliphatic carbocycles. The molecular weight excluding hydrogens is 698 g/mol. The Morgan fingerprint density at radius 3 is 2.24 bits per heavy atom. The SMILES string of the molecule is O=C(/C=C/c1cccc(F)c1)N(CCc1ccc(OC(=O)C(F)(F)F)cc1)Cc1cccc(-c2ccccc2C(=O)N2CCC(N3CCCCC3)CC2)c1. The van der Waals surface area contributed by atoms with E-state index in [1.165, 1.54) is 67.8 Å². The summed E-state index contributed by atoms with van der Waals surface area (Å²) in [7, 11) is 0. The lowest BCUT2D eigenvalue weighted by Gasteiger charge is -2.40. The summed E-state index contributed by atoms with van der Waals surface area (Å²) in [6, 6.07) is 27.3. The molecule has 282 valence electrons. The molecular formula is C43H43F4N3O4. The number of carbonyl (C=O) groups is 3. The van der Waals surface area contributed by atoms with Gasteiger partial charge < -0.3 is 19.4 Å². The number of ether oxygens (including phenoxy) is 1. The van der Waals surface area contributed by atoms with Crippen LogP contribution in [0.4, 0.5) is 17.6 Å². The second kappa shape index (κ2) is 17.7. The Kier molecular flexibility index (Phi) is 12.6. The highest BCUT2D eigenvalue weighted by Crippen LogP contribution is 2.29. The number of benzene rings is 4. The maximum absolute atomic E-state index is 13.9. The van der Waals surface area contributed by atoms with Gasteiger partial charge >= 0.3 is 12.1 Å². The molecule has 0 saturated carbocycles. The average molecular weight is 742 g/mol. The van der Waals surface area contributed by atoms with Gasteiger partial charge in [0, 0.05) is 43.9 Å². The molecule has 2 heterocycles. The molecule has 11 heteroatoms. The molecule has 0 bridgehead atoms. The van der Waals surface area contributed by atoms with Crippen LogP contribution in [0.1, 0.15) is 59.2 Å². The summed E-state index contributed by atoms with van der Waals surface area (Å²) < 4.78 is 56.1. The fraction of sp³-hybridized carbons (Fsp3) is 0.326. The summed E-state index contributed by atoms with van der Waals surface area (Å²) in [5, 5.41) is 0. The van der Waals surface area contributed by atoms with Crippen LogP contribution in [0.25, 0.3) is 17.2 Å². The number of halogens is 4. The Morgan fingerprint density at radius 2 is 1.52 bits per heavy atom. The van der Waals surface area contributed by atoms with Crippen LogP contribution >= 0.6 is 0 Å². The van der Waals surface area contributed by atoms with E-state index in [0.717, 1.165) is 55.7 Å². The number of piperidine rings is 2. The molecule has 0 aromatic heterocycles. The molecule has 0 unspecified atom stereocenters. The van der Waals surface area contributed by atoms with Crippen molar-refractivity contribution in [3.63, 3.8) is 0 Å². The fourth-order valence-corrected chi connectivity index (χ4v) is 7.17. The summed E-state index contributed by atoms with van der Waals surface area (Å²) in [6.45, 7) is 4.17. The Hall–Kier alpha value is -5.29. The van der Waals surface area contributed by atoms with Crippen LogP contribution < -0.4 is 4.74 Å². The van der Waals surface area contributed by atoms with Crippen molar-refractivity contribution in [1.82, 2.24) is 14.7 Å². The molecule has 2 amide bonds. The lowest BCUT2D eigenvalue weighted by molar-refractivity contribution is -0.189. The molecule has 2 saturated heterocycles. The smallest absolute Gasteiger partial charge is 0.420 e. The second-order valence-electron chi connectivity index (χ2n) is 13.8. The van der Waals surface area contributed by atoms with E-state index >= 15 is 0 Å². The van der Waals surface area contributed by atoms with Gasteiger partial charge in [0.25, 0.3) is 5.91 Å². The summed E-state index contributed by atoms with van der Waals surface area (Å²) in [5.41, 5.74) is 4.31. The Balaban J connectivity index is 1.17. The van der Waals surface area contributed by atoms with Gasteiger partial charge in [0.1, 0.15) is 11.6 Å².